The second kappa shape index (κ2) is 9.40. The van der Waals surface area contributed by atoms with E-state index in [1.54, 1.807) is 17.5 Å². The molecule has 0 radical (unpaired) electrons. The van der Waals surface area contributed by atoms with Gasteiger partial charge >= 0.3 is 0 Å². The number of nitrogens with zero attached hydrogens (tertiary/aromatic N) is 1. The molecule has 2 atom stereocenters. The van der Waals surface area contributed by atoms with E-state index >= 15 is 0 Å². The fraction of sp³-hybridized carbons (Fsp3) is 0.360. The van der Waals surface area contributed by atoms with Crippen molar-refractivity contribution in [2.45, 2.75) is 37.8 Å². The number of thiophene rings is 1. The third-order valence-corrected chi connectivity index (χ3v) is 7.13. The van der Waals surface area contributed by atoms with Gasteiger partial charge in [-0.1, -0.05) is 12.1 Å². The first-order valence-electron chi connectivity index (χ1n) is 11.1. The first-order valence-corrected chi connectivity index (χ1v) is 12.0. The lowest BCUT2D eigenvalue weighted by Crippen LogP contribution is -2.26. The molecule has 1 amide bonds. The number of anilines is 1. The van der Waals surface area contributed by atoms with E-state index in [1.165, 1.54) is 4.88 Å². The Morgan fingerprint density at radius 3 is 2.81 bits per heavy atom. The Morgan fingerprint density at radius 2 is 2.03 bits per heavy atom. The largest absolute Gasteiger partial charge is 0.490 e. The number of pyridine rings is 1. The van der Waals surface area contributed by atoms with Crippen molar-refractivity contribution < 1.29 is 14.3 Å². The average molecular weight is 450 g/mol. The van der Waals surface area contributed by atoms with Gasteiger partial charge in [0.1, 0.15) is 17.7 Å². The minimum atomic E-state index is 0.0320. The molecular weight excluding hydrogens is 422 g/mol. The van der Waals surface area contributed by atoms with Crippen LogP contribution in [0.5, 0.6) is 5.75 Å². The minimum Gasteiger partial charge on any atom is -0.490 e. The van der Waals surface area contributed by atoms with E-state index in [1.807, 2.05) is 30.3 Å². The van der Waals surface area contributed by atoms with E-state index < -0.39 is 0 Å². The van der Waals surface area contributed by atoms with E-state index in [9.17, 15) is 4.79 Å². The second-order valence-corrected chi connectivity index (χ2v) is 9.32. The Bertz CT molecular complexity index is 1080. The number of ether oxygens (including phenoxy) is 2. The Hall–Kier alpha value is -2.74. The van der Waals surface area contributed by atoms with Crippen molar-refractivity contribution in [1.29, 1.82) is 0 Å². The molecular formula is C25H27N3O3S. The van der Waals surface area contributed by atoms with Crippen LogP contribution >= 0.6 is 11.3 Å². The fourth-order valence-electron chi connectivity index (χ4n) is 4.21. The van der Waals surface area contributed by atoms with Crippen LogP contribution in [0, 0.1) is 5.92 Å². The number of amides is 1. The molecule has 1 aliphatic carbocycles. The molecule has 5 rings (SSSR count). The maximum atomic E-state index is 12.7. The molecule has 2 fully saturated rings. The predicted molar refractivity (Wildman–Crippen MR) is 126 cm³/mol. The van der Waals surface area contributed by atoms with Crippen LogP contribution in [0.1, 0.15) is 35.6 Å². The molecule has 2 aromatic heterocycles. The molecule has 32 heavy (non-hydrogen) atoms. The fourth-order valence-corrected chi connectivity index (χ4v) is 5.11. The summed E-state index contributed by atoms with van der Waals surface area (Å²) in [5.41, 5.74) is 8.98. The van der Waals surface area contributed by atoms with Crippen LogP contribution in [0.25, 0.3) is 11.1 Å². The van der Waals surface area contributed by atoms with Gasteiger partial charge in [0.2, 0.25) is 5.91 Å². The highest BCUT2D eigenvalue weighted by molar-refractivity contribution is 7.10. The molecule has 0 unspecified atom stereocenters. The topological polar surface area (TPSA) is 86.5 Å². The number of carbonyl (C=O) groups is 1. The Labute approximate surface area is 191 Å². The molecule has 166 valence electrons. The Balaban J connectivity index is 1.28. The van der Waals surface area contributed by atoms with Crippen LogP contribution in [0.4, 0.5) is 5.82 Å². The number of hydrogen-bond donors (Lipinski definition) is 2. The Kier molecular flexibility index (Phi) is 6.21. The van der Waals surface area contributed by atoms with Crippen LogP contribution in [0.3, 0.4) is 0 Å². The van der Waals surface area contributed by atoms with E-state index in [0.29, 0.717) is 18.3 Å². The molecule has 1 aliphatic heterocycles. The van der Waals surface area contributed by atoms with Crippen LogP contribution in [0.2, 0.25) is 0 Å². The van der Waals surface area contributed by atoms with E-state index in [4.69, 9.17) is 15.2 Å². The molecule has 3 heterocycles. The molecule has 1 saturated heterocycles. The molecule has 3 N–H and O–H groups in total. The lowest BCUT2D eigenvalue weighted by atomic mass is 10.0. The summed E-state index contributed by atoms with van der Waals surface area (Å²) in [6.07, 6.45) is 4.59. The second-order valence-electron chi connectivity index (χ2n) is 8.34. The van der Waals surface area contributed by atoms with Crippen LogP contribution < -0.4 is 15.8 Å². The summed E-state index contributed by atoms with van der Waals surface area (Å²) in [6.45, 7) is 1.87. The number of rotatable bonds is 7. The maximum absolute atomic E-state index is 12.7. The molecule has 1 saturated carbocycles. The van der Waals surface area contributed by atoms with Gasteiger partial charge in [-0.05, 0) is 53.3 Å². The van der Waals surface area contributed by atoms with Gasteiger partial charge in [-0.2, -0.15) is 0 Å². The molecule has 0 bridgehead atoms. The van der Waals surface area contributed by atoms with Crippen LogP contribution in [-0.2, 0) is 16.1 Å². The zero-order valence-electron chi connectivity index (χ0n) is 17.8. The number of carbonyl (C=O) groups excluding carboxylic acids is 1. The summed E-state index contributed by atoms with van der Waals surface area (Å²) < 4.78 is 11.6. The van der Waals surface area contributed by atoms with Gasteiger partial charge in [-0.3, -0.25) is 4.79 Å². The highest BCUT2D eigenvalue weighted by Crippen LogP contribution is 2.49. The molecule has 6 nitrogen and oxygen atoms in total. The van der Waals surface area contributed by atoms with Gasteiger partial charge in [0, 0.05) is 47.9 Å². The van der Waals surface area contributed by atoms with Gasteiger partial charge in [-0.15, -0.1) is 11.3 Å². The zero-order chi connectivity index (χ0) is 21.9. The highest BCUT2D eigenvalue weighted by atomic mass is 32.1. The van der Waals surface area contributed by atoms with Crippen molar-refractivity contribution in [3.8, 4) is 16.9 Å². The predicted octanol–water partition coefficient (Wildman–Crippen LogP) is 4.57. The quantitative estimate of drug-likeness (QED) is 0.552. The van der Waals surface area contributed by atoms with Gasteiger partial charge in [-0.25, -0.2) is 4.98 Å². The van der Waals surface area contributed by atoms with E-state index in [-0.39, 0.29) is 17.9 Å². The standard InChI is InChI=1S/C25H27N3O3S/c26-15-18-12-16(3-4-22(18)31-19-6-9-30-10-7-19)17-5-8-27-24(13-17)28-25(29)21-14-20(21)23-2-1-11-32-23/h1-5,8,11-13,19-21H,6-7,9-10,14-15,26H2,(H,27,28,29)/t20-,21-/m1/s1. The number of hydrogen-bond acceptors (Lipinski definition) is 6. The summed E-state index contributed by atoms with van der Waals surface area (Å²) in [5.74, 6) is 1.81. The highest BCUT2D eigenvalue weighted by Gasteiger charge is 2.44. The van der Waals surface area contributed by atoms with Gasteiger partial charge in [0.25, 0.3) is 0 Å². The van der Waals surface area contributed by atoms with Gasteiger partial charge in [0.15, 0.2) is 0 Å². The third kappa shape index (κ3) is 4.70. The lowest BCUT2D eigenvalue weighted by molar-refractivity contribution is -0.117. The van der Waals surface area contributed by atoms with Crippen molar-refractivity contribution in [3.05, 3.63) is 64.5 Å². The number of aromatic nitrogens is 1. The van der Waals surface area contributed by atoms with Gasteiger partial charge in [0.05, 0.1) is 13.2 Å². The monoisotopic (exact) mass is 449 g/mol. The van der Waals surface area contributed by atoms with Crippen LogP contribution in [0.15, 0.2) is 54.0 Å². The van der Waals surface area contributed by atoms with Crippen LogP contribution in [-0.4, -0.2) is 30.2 Å². The molecule has 0 spiro atoms. The number of nitrogens with one attached hydrogen (secondary N) is 1. The summed E-state index contributed by atoms with van der Waals surface area (Å²) in [4.78, 5) is 18.3. The van der Waals surface area contributed by atoms with Gasteiger partial charge < -0.3 is 20.5 Å². The number of nitrogens with two attached hydrogens (primary N) is 1. The van der Waals surface area contributed by atoms with Crippen molar-refractivity contribution >= 4 is 23.1 Å². The molecule has 3 aromatic rings. The molecule has 2 aliphatic rings. The van der Waals surface area contributed by atoms with E-state index in [0.717, 1.165) is 54.9 Å². The Morgan fingerprint density at radius 1 is 1.19 bits per heavy atom. The van der Waals surface area contributed by atoms with E-state index in [2.05, 4.69) is 27.8 Å². The zero-order valence-corrected chi connectivity index (χ0v) is 18.6. The molecule has 1 aromatic carbocycles. The first-order chi connectivity index (χ1) is 15.7. The first kappa shape index (κ1) is 21.1. The minimum absolute atomic E-state index is 0.0320. The van der Waals surface area contributed by atoms with Crippen molar-refractivity contribution in [3.63, 3.8) is 0 Å². The maximum Gasteiger partial charge on any atom is 0.229 e. The summed E-state index contributed by atoms with van der Waals surface area (Å²) in [7, 11) is 0. The summed E-state index contributed by atoms with van der Waals surface area (Å²) in [6, 6.07) is 14.1. The lowest BCUT2D eigenvalue weighted by Gasteiger charge is -2.24. The molecule has 7 heteroatoms. The van der Waals surface area contributed by atoms with Crippen molar-refractivity contribution in [2.24, 2.45) is 11.7 Å². The average Bonchev–Trinajstić information content (AvgIpc) is 3.45. The van der Waals surface area contributed by atoms with Crippen molar-refractivity contribution in [1.82, 2.24) is 4.98 Å². The smallest absolute Gasteiger partial charge is 0.229 e. The SMILES string of the molecule is NCc1cc(-c2ccnc(NC(=O)[C@@H]3C[C@H]3c3cccs3)c2)ccc1OC1CCOCC1. The normalized spacial score (nSPS) is 20.7. The van der Waals surface area contributed by atoms with Crippen molar-refractivity contribution in [2.75, 3.05) is 18.5 Å². The summed E-state index contributed by atoms with van der Waals surface area (Å²) >= 11 is 1.71. The summed E-state index contributed by atoms with van der Waals surface area (Å²) in [5, 5.41) is 5.05. The number of benzene rings is 1. The third-order valence-electron chi connectivity index (χ3n) is 6.12.